The summed E-state index contributed by atoms with van der Waals surface area (Å²) in [4.78, 5) is 12.2. The molecule has 0 radical (unpaired) electrons. The summed E-state index contributed by atoms with van der Waals surface area (Å²) in [6, 6.07) is 15.4. The minimum atomic E-state index is -0.538. The molecule has 5 nitrogen and oxygen atoms in total. The molecule has 0 aromatic heterocycles. The molecule has 0 aliphatic heterocycles. The summed E-state index contributed by atoms with van der Waals surface area (Å²) < 4.78 is 0.778. The van der Waals surface area contributed by atoms with Gasteiger partial charge in [-0.3, -0.25) is 4.79 Å². The van der Waals surface area contributed by atoms with Crippen molar-refractivity contribution in [2.75, 3.05) is 0 Å². The van der Waals surface area contributed by atoms with Crippen LogP contribution in [0.3, 0.4) is 0 Å². The molecule has 0 spiro atoms. The van der Waals surface area contributed by atoms with Gasteiger partial charge < -0.3 is 10.2 Å². The summed E-state index contributed by atoms with van der Waals surface area (Å²) in [5.41, 5.74) is 2.92. The Kier molecular flexibility index (Phi) is 4.48. The van der Waals surface area contributed by atoms with E-state index in [-0.39, 0.29) is 17.1 Å². The van der Waals surface area contributed by atoms with Crippen LogP contribution in [-0.4, -0.2) is 22.3 Å². The SMILES string of the molecule is O=C(N/N=C/c1cc(Br)ccc1O)c1ccc2ccccc2c1O. The van der Waals surface area contributed by atoms with Gasteiger partial charge in [0.15, 0.2) is 0 Å². The molecule has 120 valence electrons. The second-order valence-electron chi connectivity index (χ2n) is 5.09. The highest BCUT2D eigenvalue weighted by molar-refractivity contribution is 9.10. The highest BCUT2D eigenvalue weighted by Crippen LogP contribution is 2.28. The maximum absolute atomic E-state index is 12.2. The number of fused-ring (bicyclic) bond motifs is 1. The molecule has 0 aliphatic carbocycles. The molecule has 0 saturated heterocycles. The summed E-state index contributed by atoms with van der Waals surface area (Å²) >= 11 is 3.29. The van der Waals surface area contributed by atoms with Crippen molar-refractivity contribution < 1.29 is 15.0 Å². The average molecular weight is 385 g/mol. The summed E-state index contributed by atoms with van der Waals surface area (Å²) in [7, 11) is 0. The number of nitrogens with zero attached hydrogens (tertiary/aromatic N) is 1. The smallest absolute Gasteiger partial charge is 0.275 e. The quantitative estimate of drug-likeness (QED) is 0.474. The van der Waals surface area contributed by atoms with E-state index in [2.05, 4.69) is 26.5 Å². The number of halogens is 1. The number of amides is 1. The van der Waals surface area contributed by atoms with Gasteiger partial charge in [-0.05, 0) is 29.7 Å². The number of benzene rings is 3. The van der Waals surface area contributed by atoms with E-state index < -0.39 is 5.91 Å². The van der Waals surface area contributed by atoms with E-state index in [1.807, 2.05) is 12.1 Å². The average Bonchev–Trinajstić information content (AvgIpc) is 2.58. The predicted octanol–water partition coefficient (Wildman–Crippen LogP) is 3.78. The number of hydrogen-bond donors (Lipinski definition) is 3. The Morgan fingerprint density at radius 2 is 1.88 bits per heavy atom. The number of phenolic OH excluding ortho intramolecular Hbond substituents is 2. The van der Waals surface area contributed by atoms with E-state index in [1.165, 1.54) is 12.3 Å². The van der Waals surface area contributed by atoms with Crippen molar-refractivity contribution in [3.63, 3.8) is 0 Å². The normalized spacial score (nSPS) is 11.0. The highest BCUT2D eigenvalue weighted by Gasteiger charge is 2.13. The number of carbonyl (C=O) groups excluding carboxylic acids is 1. The van der Waals surface area contributed by atoms with E-state index in [1.54, 1.807) is 36.4 Å². The van der Waals surface area contributed by atoms with Crippen molar-refractivity contribution in [3.8, 4) is 11.5 Å². The third-order valence-electron chi connectivity index (χ3n) is 3.50. The van der Waals surface area contributed by atoms with Crippen LogP contribution in [0.25, 0.3) is 10.8 Å². The van der Waals surface area contributed by atoms with E-state index in [0.29, 0.717) is 10.9 Å². The van der Waals surface area contributed by atoms with Gasteiger partial charge in [0.05, 0.1) is 11.8 Å². The van der Waals surface area contributed by atoms with E-state index in [9.17, 15) is 15.0 Å². The van der Waals surface area contributed by atoms with Crippen molar-refractivity contribution in [2.24, 2.45) is 5.10 Å². The van der Waals surface area contributed by atoms with Crippen LogP contribution < -0.4 is 5.43 Å². The van der Waals surface area contributed by atoms with Crippen molar-refractivity contribution >= 4 is 38.8 Å². The predicted molar refractivity (Wildman–Crippen MR) is 96.5 cm³/mol. The molecule has 0 heterocycles. The second-order valence-corrected chi connectivity index (χ2v) is 6.00. The lowest BCUT2D eigenvalue weighted by molar-refractivity contribution is 0.0952. The van der Waals surface area contributed by atoms with Crippen molar-refractivity contribution in [1.29, 1.82) is 0 Å². The first kappa shape index (κ1) is 16.0. The third-order valence-corrected chi connectivity index (χ3v) is 4.00. The fraction of sp³-hybridized carbons (Fsp3) is 0. The zero-order chi connectivity index (χ0) is 17.1. The van der Waals surface area contributed by atoms with Crippen molar-refractivity contribution in [2.45, 2.75) is 0 Å². The number of aromatic hydroxyl groups is 2. The lowest BCUT2D eigenvalue weighted by atomic mass is 10.1. The molecule has 0 bridgehead atoms. The van der Waals surface area contributed by atoms with Crippen molar-refractivity contribution in [3.05, 3.63) is 70.2 Å². The summed E-state index contributed by atoms with van der Waals surface area (Å²) in [5, 5.41) is 25.2. The molecule has 3 rings (SSSR count). The van der Waals surface area contributed by atoms with Gasteiger partial charge in [-0.1, -0.05) is 46.3 Å². The number of hydrazone groups is 1. The van der Waals surface area contributed by atoms with Gasteiger partial charge in [-0.2, -0.15) is 5.10 Å². The number of phenols is 2. The first-order chi connectivity index (χ1) is 11.6. The molecule has 3 aromatic carbocycles. The van der Waals surface area contributed by atoms with Crippen LogP contribution in [0.5, 0.6) is 11.5 Å². The van der Waals surface area contributed by atoms with Crippen LogP contribution >= 0.6 is 15.9 Å². The van der Waals surface area contributed by atoms with Crippen molar-refractivity contribution in [1.82, 2.24) is 5.43 Å². The Hall–Kier alpha value is -2.86. The maximum Gasteiger partial charge on any atom is 0.275 e. The first-order valence-electron chi connectivity index (χ1n) is 7.09. The van der Waals surface area contributed by atoms with Gasteiger partial charge in [-0.15, -0.1) is 0 Å². The van der Waals surface area contributed by atoms with Gasteiger partial charge in [0.25, 0.3) is 5.91 Å². The number of nitrogens with one attached hydrogen (secondary N) is 1. The van der Waals surface area contributed by atoms with Gasteiger partial charge in [0.1, 0.15) is 11.5 Å². The molecule has 1 amide bonds. The van der Waals surface area contributed by atoms with Crippen LogP contribution in [0.2, 0.25) is 0 Å². The minimum Gasteiger partial charge on any atom is -0.507 e. The number of hydrogen-bond acceptors (Lipinski definition) is 4. The third kappa shape index (κ3) is 3.23. The van der Waals surface area contributed by atoms with Crippen LogP contribution in [0.15, 0.2) is 64.2 Å². The molecule has 24 heavy (non-hydrogen) atoms. The topological polar surface area (TPSA) is 81.9 Å². The molecule has 0 unspecified atom stereocenters. The van der Waals surface area contributed by atoms with Crippen LogP contribution in [0.1, 0.15) is 15.9 Å². The Bertz CT molecular complexity index is 954. The molecule has 0 fully saturated rings. The fourth-order valence-electron chi connectivity index (χ4n) is 2.29. The Balaban J connectivity index is 1.81. The zero-order valence-electron chi connectivity index (χ0n) is 12.4. The molecular weight excluding hydrogens is 372 g/mol. The standard InChI is InChI=1S/C18H13BrN2O3/c19-13-6-8-16(22)12(9-13)10-20-21-18(24)15-7-5-11-3-1-2-4-14(11)17(15)23/h1-10,22-23H,(H,21,24)/b20-10+. The molecule has 0 saturated carbocycles. The van der Waals surface area contributed by atoms with Crippen LogP contribution in [-0.2, 0) is 0 Å². The van der Waals surface area contributed by atoms with E-state index in [4.69, 9.17) is 0 Å². The summed E-state index contributed by atoms with van der Waals surface area (Å²) in [6.07, 6.45) is 1.33. The van der Waals surface area contributed by atoms with Gasteiger partial charge in [0.2, 0.25) is 0 Å². The second kappa shape index (κ2) is 6.72. The van der Waals surface area contributed by atoms with Gasteiger partial charge in [-0.25, -0.2) is 5.43 Å². The number of carbonyl (C=O) groups is 1. The number of rotatable bonds is 3. The Labute approximate surface area is 146 Å². The lowest BCUT2D eigenvalue weighted by Crippen LogP contribution is -2.17. The Morgan fingerprint density at radius 1 is 1.08 bits per heavy atom. The largest absolute Gasteiger partial charge is 0.507 e. The first-order valence-corrected chi connectivity index (χ1v) is 7.88. The fourth-order valence-corrected chi connectivity index (χ4v) is 2.67. The van der Waals surface area contributed by atoms with Gasteiger partial charge >= 0.3 is 0 Å². The molecule has 3 aromatic rings. The highest BCUT2D eigenvalue weighted by atomic mass is 79.9. The van der Waals surface area contributed by atoms with Crippen LogP contribution in [0, 0.1) is 0 Å². The molecule has 3 N–H and O–H groups in total. The van der Waals surface area contributed by atoms with Gasteiger partial charge in [0, 0.05) is 15.4 Å². The summed E-state index contributed by atoms with van der Waals surface area (Å²) in [6.45, 7) is 0. The zero-order valence-corrected chi connectivity index (χ0v) is 14.0. The molecule has 0 atom stereocenters. The van der Waals surface area contributed by atoms with Crippen LogP contribution in [0.4, 0.5) is 0 Å². The van der Waals surface area contributed by atoms with E-state index >= 15 is 0 Å². The maximum atomic E-state index is 12.2. The van der Waals surface area contributed by atoms with E-state index in [0.717, 1.165) is 9.86 Å². The monoisotopic (exact) mass is 384 g/mol. The minimum absolute atomic E-state index is 0.0461. The lowest BCUT2D eigenvalue weighted by Gasteiger charge is -2.06. The molecule has 0 aliphatic rings. The Morgan fingerprint density at radius 3 is 2.71 bits per heavy atom. The summed E-state index contributed by atoms with van der Waals surface area (Å²) in [5.74, 6) is -0.583. The molecule has 6 heteroatoms. The molecular formula is C18H13BrN2O3.